The Balaban J connectivity index is 1.53. The lowest BCUT2D eigenvalue weighted by Crippen LogP contribution is -2.38. The summed E-state index contributed by atoms with van der Waals surface area (Å²) in [6.07, 6.45) is 3.76. The van der Waals surface area contributed by atoms with Crippen molar-refractivity contribution in [3.63, 3.8) is 0 Å². The highest BCUT2D eigenvalue weighted by Crippen LogP contribution is 2.39. The Labute approximate surface area is 234 Å². The van der Waals surface area contributed by atoms with Crippen LogP contribution < -0.4 is 10.1 Å². The molecule has 1 unspecified atom stereocenters. The van der Waals surface area contributed by atoms with E-state index >= 15 is 0 Å². The fraction of sp³-hybridized carbons (Fsp3) is 0.212. The molecule has 7 nitrogen and oxygen atoms in total. The second-order valence-corrected chi connectivity index (χ2v) is 9.94. The van der Waals surface area contributed by atoms with E-state index in [4.69, 9.17) is 9.84 Å². The molecule has 6 rings (SSSR count). The molecule has 202 valence electrons. The molecule has 7 heteroatoms. The van der Waals surface area contributed by atoms with E-state index in [1.807, 2.05) is 64.2 Å². The second kappa shape index (κ2) is 10.8. The number of hydrogen-bond acceptors (Lipinski definition) is 3. The van der Waals surface area contributed by atoms with Crippen molar-refractivity contribution in [3.05, 3.63) is 125 Å². The molecule has 0 bridgehead atoms. The number of nitrogens with one attached hydrogen (secondary N) is 1. The summed E-state index contributed by atoms with van der Waals surface area (Å²) in [6, 6.07) is 29.8. The van der Waals surface area contributed by atoms with Crippen LogP contribution in [0.25, 0.3) is 11.5 Å². The topological polar surface area (TPSA) is 64.3 Å². The van der Waals surface area contributed by atoms with Gasteiger partial charge in [0.1, 0.15) is 11.6 Å². The Hall–Kier alpha value is -4.78. The van der Waals surface area contributed by atoms with Crippen molar-refractivity contribution in [2.24, 2.45) is 0 Å². The minimum atomic E-state index is -0.360. The van der Waals surface area contributed by atoms with Gasteiger partial charge < -0.3 is 19.5 Å². The monoisotopic (exact) mass is 531 g/mol. The Morgan fingerprint density at radius 2 is 1.75 bits per heavy atom. The van der Waals surface area contributed by atoms with Gasteiger partial charge in [-0.25, -0.2) is 9.48 Å². The number of carbonyl (C=O) groups excluding carboxylic acids is 1. The van der Waals surface area contributed by atoms with E-state index in [1.54, 1.807) is 7.11 Å². The number of benzene rings is 3. The van der Waals surface area contributed by atoms with Crippen molar-refractivity contribution < 1.29 is 9.53 Å². The maximum atomic E-state index is 14.2. The molecule has 1 atom stereocenters. The molecule has 1 N–H and O–H groups in total. The fourth-order valence-electron chi connectivity index (χ4n) is 5.53. The fourth-order valence-corrected chi connectivity index (χ4v) is 5.53. The van der Waals surface area contributed by atoms with Gasteiger partial charge in [0.15, 0.2) is 0 Å². The Kier molecular flexibility index (Phi) is 6.86. The maximum absolute atomic E-state index is 14.2. The minimum Gasteiger partial charge on any atom is -0.497 e. The van der Waals surface area contributed by atoms with Crippen LogP contribution in [0.1, 0.15) is 48.0 Å². The lowest BCUT2D eigenvalue weighted by molar-refractivity contribution is 0.194. The number of fused-ring (bicyclic) bond motifs is 3. The highest BCUT2D eigenvalue weighted by atomic mass is 16.5. The van der Waals surface area contributed by atoms with E-state index < -0.39 is 0 Å². The van der Waals surface area contributed by atoms with Gasteiger partial charge in [-0.3, -0.25) is 0 Å². The number of rotatable bonds is 6. The molecule has 0 saturated carbocycles. The van der Waals surface area contributed by atoms with Gasteiger partial charge in [-0.2, -0.15) is 5.10 Å². The summed E-state index contributed by atoms with van der Waals surface area (Å²) in [6.45, 7) is 4.63. The largest absolute Gasteiger partial charge is 0.497 e. The van der Waals surface area contributed by atoms with E-state index in [2.05, 4.69) is 66.3 Å². The van der Waals surface area contributed by atoms with Crippen LogP contribution in [-0.4, -0.2) is 32.4 Å². The lowest BCUT2D eigenvalue weighted by Gasteiger charge is -2.31. The number of methoxy groups -OCH3 is 1. The number of amides is 2. The number of nitrogens with zero attached hydrogens (tertiary/aromatic N) is 4. The summed E-state index contributed by atoms with van der Waals surface area (Å²) in [5, 5.41) is 8.21. The molecule has 1 aliphatic rings. The molecular formula is C33H33N5O2. The number of ether oxygens (including phenoxy) is 1. The van der Waals surface area contributed by atoms with Crippen molar-refractivity contribution in [1.82, 2.24) is 19.2 Å². The third-order valence-electron chi connectivity index (χ3n) is 7.59. The van der Waals surface area contributed by atoms with Gasteiger partial charge in [0.25, 0.3) is 0 Å². The number of aromatic nitrogens is 3. The second-order valence-electron chi connectivity index (χ2n) is 9.94. The van der Waals surface area contributed by atoms with Crippen molar-refractivity contribution in [2.45, 2.75) is 39.3 Å². The summed E-state index contributed by atoms with van der Waals surface area (Å²) in [5.74, 6) is 1.70. The first kappa shape index (κ1) is 25.5. The van der Waals surface area contributed by atoms with Crippen LogP contribution in [0.3, 0.4) is 0 Å². The third kappa shape index (κ3) is 4.53. The molecule has 2 amide bonds. The van der Waals surface area contributed by atoms with Gasteiger partial charge in [-0.05, 0) is 72.5 Å². The molecular weight excluding hydrogens is 498 g/mol. The van der Waals surface area contributed by atoms with Crippen molar-refractivity contribution in [1.29, 1.82) is 0 Å². The third-order valence-corrected chi connectivity index (χ3v) is 7.59. The van der Waals surface area contributed by atoms with Gasteiger partial charge in [0.2, 0.25) is 0 Å². The molecule has 0 radical (unpaired) electrons. The van der Waals surface area contributed by atoms with E-state index in [0.717, 1.165) is 58.3 Å². The zero-order valence-corrected chi connectivity index (χ0v) is 23.0. The summed E-state index contributed by atoms with van der Waals surface area (Å²) in [5.41, 5.74) is 6.92. The first-order valence-corrected chi connectivity index (χ1v) is 13.8. The van der Waals surface area contributed by atoms with Crippen LogP contribution in [-0.2, 0) is 19.4 Å². The zero-order chi connectivity index (χ0) is 27.6. The Morgan fingerprint density at radius 3 is 2.48 bits per heavy atom. The van der Waals surface area contributed by atoms with Crippen LogP contribution in [0.15, 0.2) is 97.2 Å². The molecule has 40 heavy (non-hydrogen) atoms. The van der Waals surface area contributed by atoms with Crippen molar-refractivity contribution in [2.75, 3.05) is 12.4 Å². The van der Waals surface area contributed by atoms with Gasteiger partial charge in [0, 0.05) is 17.4 Å². The van der Waals surface area contributed by atoms with Gasteiger partial charge in [-0.15, -0.1) is 0 Å². The van der Waals surface area contributed by atoms with Gasteiger partial charge >= 0.3 is 6.03 Å². The average molecular weight is 532 g/mol. The Bertz CT molecular complexity index is 1640. The molecule has 2 aromatic heterocycles. The predicted octanol–water partition coefficient (Wildman–Crippen LogP) is 6.93. The van der Waals surface area contributed by atoms with E-state index in [0.29, 0.717) is 6.54 Å². The maximum Gasteiger partial charge on any atom is 0.322 e. The van der Waals surface area contributed by atoms with Crippen molar-refractivity contribution in [3.8, 4) is 17.3 Å². The first-order chi connectivity index (χ1) is 19.6. The molecule has 0 aliphatic carbocycles. The highest BCUT2D eigenvalue weighted by Gasteiger charge is 2.36. The normalized spacial score (nSPS) is 14.3. The molecule has 1 aliphatic heterocycles. The predicted molar refractivity (Wildman–Crippen MR) is 157 cm³/mol. The summed E-state index contributed by atoms with van der Waals surface area (Å²) in [4.78, 5) is 16.1. The zero-order valence-electron chi connectivity index (χ0n) is 23.0. The summed E-state index contributed by atoms with van der Waals surface area (Å²) >= 11 is 0. The van der Waals surface area contributed by atoms with Crippen LogP contribution in [0, 0.1) is 0 Å². The summed E-state index contributed by atoms with van der Waals surface area (Å²) < 4.78 is 9.77. The molecule has 0 spiro atoms. The summed E-state index contributed by atoms with van der Waals surface area (Å²) in [7, 11) is 1.66. The lowest BCUT2D eigenvalue weighted by atomic mass is 10.0. The first-order valence-electron chi connectivity index (χ1n) is 13.8. The number of anilines is 1. The van der Waals surface area contributed by atoms with E-state index in [9.17, 15) is 4.79 Å². The number of carbonyl (C=O) groups is 1. The average Bonchev–Trinajstić information content (AvgIpc) is 3.59. The van der Waals surface area contributed by atoms with Crippen LogP contribution in [0.5, 0.6) is 5.75 Å². The standard InChI is InChI=1S/C33H33N5O2/c1-4-23-16-18-25(19-17-23)34-33(39)37-22-28-29(5-2)35-38(26-12-7-6-8-13-26)32(28)36-20-10-15-30(36)31(37)24-11-9-14-27(21-24)40-3/h6-21,31H,4-5,22H2,1-3H3,(H,34,39). The minimum absolute atomic E-state index is 0.174. The van der Waals surface area contributed by atoms with Gasteiger partial charge in [-0.1, -0.05) is 56.3 Å². The van der Waals surface area contributed by atoms with Gasteiger partial charge in [0.05, 0.1) is 36.8 Å². The van der Waals surface area contributed by atoms with E-state index in [-0.39, 0.29) is 12.1 Å². The molecule has 3 heterocycles. The number of hydrogen-bond donors (Lipinski definition) is 1. The molecule has 0 fully saturated rings. The Morgan fingerprint density at radius 1 is 0.950 bits per heavy atom. The van der Waals surface area contributed by atoms with Crippen LogP contribution in [0.4, 0.5) is 10.5 Å². The SMILES string of the molecule is CCc1ccc(NC(=O)N2Cc3c(CC)nn(-c4ccccc4)c3-n3cccc3C2c2cccc(OC)c2)cc1. The molecule has 5 aromatic rings. The smallest absolute Gasteiger partial charge is 0.322 e. The molecule has 3 aromatic carbocycles. The van der Waals surface area contributed by atoms with Crippen molar-refractivity contribution >= 4 is 11.7 Å². The number of urea groups is 1. The van der Waals surface area contributed by atoms with E-state index in [1.165, 1.54) is 5.56 Å². The van der Waals surface area contributed by atoms with Crippen LogP contribution >= 0.6 is 0 Å². The number of aryl methyl sites for hydroxylation is 2. The quantitative estimate of drug-likeness (QED) is 0.258. The van der Waals surface area contributed by atoms with Crippen LogP contribution in [0.2, 0.25) is 0 Å². The number of para-hydroxylation sites is 1. The highest BCUT2D eigenvalue weighted by molar-refractivity contribution is 5.90. The molecule has 0 saturated heterocycles.